The Bertz CT molecular complexity index is 862. The van der Waals surface area contributed by atoms with E-state index in [4.69, 9.17) is 0 Å². The lowest BCUT2D eigenvalue weighted by molar-refractivity contribution is -0.117. The largest absolute Gasteiger partial charge is 0.326 e. The summed E-state index contributed by atoms with van der Waals surface area (Å²) in [6.07, 6.45) is 0.164. The molecule has 3 amide bonds. The van der Waals surface area contributed by atoms with Crippen LogP contribution in [0, 0.1) is 13.8 Å². The minimum atomic E-state index is -0.186. The molecule has 0 aliphatic carbocycles. The minimum absolute atomic E-state index is 0.164. The second kappa shape index (κ2) is 8.98. The van der Waals surface area contributed by atoms with E-state index in [0.29, 0.717) is 11.4 Å². The molecule has 0 radical (unpaired) electrons. The van der Waals surface area contributed by atoms with Crippen molar-refractivity contribution in [2.24, 2.45) is 0 Å². The van der Waals surface area contributed by atoms with Crippen molar-refractivity contribution in [2.45, 2.75) is 34.1 Å². The monoisotopic (exact) mass is 367 g/mol. The normalized spacial score (nSPS) is 10.2. The van der Waals surface area contributed by atoms with Gasteiger partial charge >= 0.3 is 0 Å². The third kappa shape index (κ3) is 5.95. The van der Waals surface area contributed by atoms with E-state index in [9.17, 15) is 14.4 Å². The first-order valence-corrected chi connectivity index (χ1v) is 8.79. The van der Waals surface area contributed by atoms with E-state index in [1.165, 1.54) is 18.7 Å². The van der Waals surface area contributed by atoms with Gasteiger partial charge in [-0.05, 0) is 55.3 Å². The molecule has 142 valence electrons. The third-order valence-electron chi connectivity index (χ3n) is 4.21. The van der Waals surface area contributed by atoms with E-state index in [-0.39, 0.29) is 30.7 Å². The molecule has 0 heterocycles. The van der Waals surface area contributed by atoms with E-state index >= 15 is 0 Å². The average molecular weight is 367 g/mol. The Balaban J connectivity index is 2.03. The molecule has 0 saturated carbocycles. The molecule has 0 fully saturated rings. The van der Waals surface area contributed by atoms with Gasteiger partial charge in [-0.25, -0.2) is 0 Å². The maximum Gasteiger partial charge on any atom is 0.226 e. The number of anilines is 3. The van der Waals surface area contributed by atoms with E-state index in [0.717, 1.165) is 16.8 Å². The van der Waals surface area contributed by atoms with Crippen molar-refractivity contribution in [3.05, 3.63) is 53.6 Å². The second-order valence-corrected chi connectivity index (χ2v) is 6.50. The maximum atomic E-state index is 12.3. The number of aryl methyl sites for hydroxylation is 2. The lowest BCUT2D eigenvalue weighted by Crippen LogP contribution is -2.32. The first-order chi connectivity index (χ1) is 12.8. The zero-order chi connectivity index (χ0) is 20.0. The van der Waals surface area contributed by atoms with Gasteiger partial charge in [0.25, 0.3) is 0 Å². The van der Waals surface area contributed by atoms with Crippen LogP contribution in [0.5, 0.6) is 0 Å². The summed E-state index contributed by atoms with van der Waals surface area (Å²) in [6.45, 7) is 7.12. The smallest absolute Gasteiger partial charge is 0.226 e. The van der Waals surface area contributed by atoms with Gasteiger partial charge in [-0.3, -0.25) is 14.4 Å². The summed E-state index contributed by atoms with van der Waals surface area (Å²) in [6, 6.07) is 12.7. The predicted octanol–water partition coefficient (Wildman–Crippen LogP) is 3.64. The van der Waals surface area contributed by atoms with Crippen LogP contribution >= 0.6 is 0 Å². The van der Waals surface area contributed by atoms with Gasteiger partial charge in [0, 0.05) is 43.9 Å². The van der Waals surface area contributed by atoms with Crippen molar-refractivity contribution in [3.8, 4) is 0 Å². The van der Waals surface area contributed by atoms with Crippen molar-refractivity contribution in [1.82, 2.24) is 0 Å². The van der Waals surface area contributed by atoms with Crippen LogP contribution in [0.3, 0.4) is 0 Å². The molecule has 0 aliphatic heterocycles. The Morgan fingerprint density at radius 3 is 2.22 bits per heavy atom. The van der Waals surface area contributed by atoms with Crippen molar-refractivity contribution < 1.29 is 14.4 Å². The molecule has 0 saturated heterocycles. The fraction of sp³-hybridized carbons (Fsp3) is 0.286. The summed E-state index contributed by atoms with van der Waals surface area (Å²) in [5, 5.41) is 5.55. The highest BCUT2D eigenvalue weighted by molar-refractivity contribution is 5.96. The van der Waals surface area contributed by atoms with Crippen LogP contribution in [-0.2, 0) is 14.4 Å². The lowest BCUT2D eigenvalue weighted by atomic mass is 10.1. The Morgan fingerprint density at radius 1 is 0.889 bits per heavy atom. The van der Waals surface area contributed by atoms with Crippen LogP contribution in [0.4, 0.5) is 17.1 Å². The molecule has 27 heavy (non-hydrogen) atoms. The third-order valence-corrected chi connectivity index (χ3v) is 4.21. The summed E-state index contributed by atoms with van der Waals surface area (Å²) in [7, 11) is 0. The van der Waals surface area contributed by atoms with Gasteiger partial charge in [0.2, 0.25) is 17.7 Å². The van der Waals surface area contributed by atoms with Crippen molar-refractivity contribution in [2.75, 3.05) is 22.1 Å². The van der Waals surface area contributed by atoms with Gasteiger partial charge < -0.3 is 15.5 Å². The quantitative estimate of drug-likeness (QED) is 0.818. The highest BCUT2D eigenvalue weighted by atomic mass is 16.2. The van der Waals surface area contributed by atoms with Gasteiger partial charge in [-0.2, -0.15) is 0 Å². The molecular formula is C21H25N3O3. The zero-order valence-electron chi connectivity index (χ0n) is 16.1. The number of nitrogens with zero attached hydrogens (tertiary/aromatic N) is 1. The van der Waals surface area contributed by atoms with Gasteiger partial charge in [0.05, 0.1) is 0 Å². The average Bonchev–Trinajstić information content (AvgIpc) is 2.58. The molecule has 0 unspecified atom stereocenters. The molecule has 2 aromatic rings. The number of hydrogen-bond acceptors (Lipinski definition) is 3. The molecule has 0 spiro atoms. The molecule has 2 rings (SSSR count). The summed E-state index contributed by atoms with van der Waals surface area (Å²) in [5.74, 6) is -0.522. The fourth-order valence-electron chi connectivity index (χ4n) is 2.68. The number of hydrogen-bond donors (Lipinski definition) is 2. The Kier molecular flexibility index (Phi) is 6.71. The van der Waals surface area contributed by atoms with Gasteiger partial charge in [-0.1, -0.05) is 12.1 Å². The van der Waals surface area contributed by atoms with Crippen molar-refractivity contribution in [1.29, 1.82) is 0 Å². The highest BCUT2D eigenvalue weighted by Crippen LogP contribution is 2.20. The molecule has 0 aliphatic rings. The zero-order valence-corrected chi connectivity index (χ0v) is 16.1. The maximum absolute atomic E-state index is 12.3. The van der Waals surface area contributed by atoms with Gasteiger partial charge in [0.1, 0.15) is 0 Å². The SMILES string of the molecule is CC(=O)Nc1cccc(N(CCC(=O)Nc2ccc(C)c(C)c2)C(C)=O)c1. The van der Waals surface area contributed by atoms with E-state index < -0.39 is 0 Å². The summed E-state index contributed by atoms with van der Waals surface area (Å²) in [5.41, 5.74) is 4.24. The molecular weight excluding hydrogens is 342 g/mol. The van der Waals surface area contributed by atoms with Gasteiger partial charge in [-0.15, -0.1) is 0 Å². The Labute approximate surface area is 159 Å². The van der Waals surface area contributed by atoms with Crippen LogP contribution in [0.2, 0.25) is 0 Å². The Hall–Kier alpha value is -3.15. The van der Waals surface area contributed by atoms with E-state index in [1.807, 2.05) is 32.0 Å². The van der Waals surface area contributed by atoms with Crippen LogP contribution < -0.4 is 15.5 Å². The van der Waals surface area contributed by atoms with E-state index in [1.54, 1.807) is 24.3 Å². The number of amides is 3. The number of rotatable bonds is 6. The van der Waals surface area contributed by atoms with Crippen LogP contribution in [0.1, 0.15) is 31.4 Å². The van der Waals surface area contributed by atoms with Crippen LogP contribution in [0.15, 0.2) is 42.5 Å². The molecule has 0 bridgehead atoms. The number of nitrogens with one attached hydrogen (secondary N) is 2. The summed E-state index contributed by atoms with van der Waals surface area (Å²) >= 11 is 0. The predicted molar refractivity (Wildman–Crippen MR) is 108 cm³/mol. The molecule has 2 aromatic carbocycles. The topological polar surface area (TPSA) is 78.5 Å². The standard InChI is InChI=1S/C21H25N3O3/c1-14-8-9-19(12-15(14)2)23-21(27)10-11-24(17(4)26)20-7-5-6-18(13-20)22-16(3)25/h5-9,12-13H,10-11H2,1-4H3,(H,22,25)(H,23,27). The van der Waals surface area contributed by atoms with Crippen molar-refractivity contribution in [3.63, 3.8) is 0 Å². The van der Waals surface area contributed by atoms with Gasteiger partial charge in [0.15, 0.2) is 0 Å². The fourth-order valence-corrected chi connectivity index (χ4v) is 2.68. The highest BCUT2D eigenvalue weighted by Gasteiger charge is 2.14. The molecule has 6 heteroatoms. The molecule has 6 nitrogen and oxygen atoms in total. The van der Waals surface area contributed by atoms with Crippen molar-refractivity contribution >= 4 is 34.8 Å². The Morgan fingerprint density at radius 2 is 1.59 bits per heavy atom. The number of benzene rings is 2. The first kappa shape index (κ1) is 20.2. The number of carbonyl (C=O) groups excluding carboxylic acids is 3. The minimum Gasteiger partial charge on any atom is -0.326 e. The first-order valence-electron chi connectivity index (χ1n) is 8.79. The summed E-state index contributed by atoms with van der Waals surface area (Å²) in [4.78, 5) is 37.0. The lowest BCUT2D eigenvalue weighted by Gasteiger charge is -2.21. The van der Waals surface area contributed by atoms with Crippen LogP contribution in [0.25, 0.3) is 0 Å². The second-order valence-electron chi connectivity index (χ2n) is 6.50. The summed E-state index contributed by atoms with van der Waals surface area (Å²) < 4.78 is 0. The number of carbonyl (C=O) groups is 3. The van der Waals surface area contributed by atoms with E-state index in [2.05, 4.69) is 10.6 Å². The molecule has 2 N–H and O–H groups in total. The van der Waals surface area contributed by atoms with Crippen LogP contribution in [-0.4, -0.2) is 24.3 Å². The molecule has 0 atom stereocenters. The molecule has 0 aromatic heterocycles.